The summed E-state index contributed by atoms with van der Waals surface area (Å²) in [6, 6.07) is 0. The molecule has 2 unspecified atom stereocenters. The molecule has 0 spiro atoms. The lowest BCUT2D eigenvalue weighted by atomic mass is 9.84. The fraction of sp³-hybridized carbons (Fsp3) is 0.875. The molecular formula is C8H15NO3. The third-order valence-electron chi connectivity index (χ3n) is 2.44. The second-order valence-corrected chi connectivity index (χ2v) is 3.21. The molecule has 0 bridgehead atoms. The molecule has 12 heavy (non-hydrogen) atoms. The topological polar surface area (TPSA) is 69.6 Å². The highest BCUT2D eigenvalue weighted by molar-refractivity contribution is 5.70. The maximum absolute atomic E-state index is 10.7. The van der Waals surface area contributed by atoms with Gasteiger partial charge in [0.2, 0.25) is 0 Å². The maximum atomic E-state index is 10.7. The van der Waals surface area contributed by atoms with Gasteiger partial charge in [-0.2, -0.15) is 0 Å². The van der Waals surface area contributed by atoms with E-state index in [1.165, 1.54) is 0 Å². The largest absolute Gasteiger partial charge is 0.481 e. The molecule has 0 saturated carbocycles. The minimum atomic E-state index is -0.749. The van der Waals surface area contributed by atoms with E-state index in [2.05, 4.69) is 5.32 Å². The number of carbonyl (C=O) groups is 1. The Labute approximate surface area is 71.6 Å². The number of rotatable bonds is 3. The Morgan fingerprint density at radius 1 is 1.58 bits per heavy atom. The predicted molar refractivity (Wildman–Crippen MR) is 43.8 cm³/mol. The maximum Gasteiger partial charge on any atom is 0.308 e. The molecule has 4 heteroatoms. The lowest BCUT2D eigenvalue weighted by Gasteiger charge is -2.28. The van der Waals surface area contributed by atoms with E-state index in [-0.39, 0.29) is 18.4 Å². The summed E-state index contributed by atoms with van der Waals surface area (Å²) < 4.78 is 0. The fourth-order valence-corrected chi connectivity index (χ4v) is 1.71. The highest BCUT2D eigenvalue weighted by Crippen LogP contribution is 2.22. The third kappa shape index (κ3) is 2.19. The summed E-state index contributed by atoms with van der Waals surface area (Å²) in [6.07, 6.45) is 1.47. The highest BCUT2D eigenvalue weighted by atomic mass is 16.4. The van der Waals surface area contributed by atoms with Crippen LogP contribution in [0.25, 0.3) is 0 Å². The molecule has 2 atom stereocenters. The molecule has 1 saturated heterocycles. The molecule has 0 aromatic heterocycles. The van der Waals surface area contributed by atoms with Crippen LogP contribution in [0.4, 0.5) is 0 Å². The van der Waals surface area contributed by atoms with E-state index in [1.54, 1.807) is 0 Å². The Hall–Kier alpha value is -0.610. The summed E-state index contributed by atoms with van der Waals surface area (Å²) in [5, 5.41) is 20.6. The van der Waals surface area contributed by atoms with Gasteiger partial charge < -0.3 is 15.5 Å². The van der Waals surface area contributed by atoms with Crippen molar-refractivity contribution in [2.24, 2.45) is 11.8 Å². The quantitative estimate of drug-likeness (QED) is 0.547. The summed E-state index contributed by atoms with van der Waals surface area (Å²) in [7, 11) is 0. The van der Waals surface area contributed by atoms with Gasteiger partial charge in [0.05, 0.1) is 5.92 Å². The van der Waals surface area contributed by atoms with E-state index >= 15 is 0 Å². The van der Waals surface area contributed by atoms with Crippen LogP contribution in [0.1, 0.15) is 12.8 Å². The molecule has 0 aromatic carbocycles. The van der Waals surface area contributed by atoms with Gasteiger partial charge >= 0.3 is 5.97 Å². The number of hydrogen-bond acceptors (Lipinski definition) is 3. The van der Waals surface area contributed by atoms with Crippen LogP contribution >= 0.6 is 0 Å². The standard InChI is InChI=1S/C8H15NO3/c10-4-2-6-1-3-9-5-7(6)8(11)12/h6-7,9-10H,1-5H2,(H,11,12). The van der Waals surface area contributed by atoms with Crippen molar-refractivity contribution >= 4 is 5.97 Å². The molecule has 1 heterocycles. The average Bonchev–Trinajstić information content (AvgIpc) is 2.05. The number of hydrogen-bond donors (Lipinski definition) is 3. The minimum absolute atomic E-state index is 0.0917. The molecule has 3 N–H and O–H groups in total. The lowest BCUT2D eigenvalue weighted by Crippen LogP contribution is -2.41. The molecular weight excluding hydrogens is 158 g/mol. The van der Waals surface area contributed by atoms with E-state index in [1.807, 2.05) is 0 Å². The van der Waals surface area contributed by atoms with Gasteiger partial charge in [0.15, 0.2) is 0 Å². The Bertz CT molecular complexity index is 158. The van der Waals surface area contributed by atoms with Crippen molar-refractivity contribution in [3.8, 4) is 0 Å². The third-order valence-corrected chi connectivity index (χ3v) is 2.44. The molecule has 0 radical (unpaired) electrons. The second-order valence-electron chi connectivity index (χ2n) is 3.21. The molecule has 1 aliphatic rings. The van der Waals surface area contributed by atoms with Crippen LogP contribution in [0.15, 0.2) is 0 Å². The molecule has 1 fully saturated rings. The molecule has 0 amide bonds. The normalized spacial score (nSPS) is 30.1. The number of piperidine rings is 1. The van der Waals surface area contributed by atoms with E-state index < -0.39 is 5.97 Å². The fourth-order valence-electron chi connectivity index (χ4n) is 1.71. The van der Waals surface area contributed by atoms with Crippen LogP contribution in [0.2, 0.25) is 0 Å². The van der Waals surface area contributed by atoms with E-state index in [0.29, 0.717) is 13.0 Å². The van der Waals surface area contributed by atoms with Crippen LogP contribution in [-0.4, -0.2) is 35.9 Å². The van der Waals surface area contributed by atoms with Gasteiger partial charge in [-0.05, 0) is 25.3 Å². The zero-order chi connectivity index (χ0) is 8.97. The van der Waals surface area contributed by atoms with Gasteiger partial charge in [-0.1, -0.05) is 0 Å². The van der Waals surface area contributed by atoms with Crippen molar-refractivity contribution < 1.29 is 15.0 Å². The van der Waals surface area contributed by atoms with Crippen LogP contribution in [0.5, 0.6) is 0 Å². The van der Waals surface area contributed by atoms with Gasteiger partial charge in [-0.3, -0.25) is 4.79 Å². The molecule has 0 aliphatic carbocycles. The summed E-state index contributed by atoms with van der Waals surface area (Å²) in [5.41, 5.74) is 0. The Balaban J connectivity index is 2.48. The smallest absolute Gasteiger partial charge is 0.308 e. The number of aliphatic hydroxyl groups is 1. The summed E-state index contributed by atoms with van der Waals surface area (Å²) in [4.78, 5) is 10.7. The van der Waals surface area contributed by atoms with E-state index in [0.717, 1.165) is 13.0 Å². The number of aliphatic hydroxyl groups excluding tert-OH is 1. The molecule has 0 aromatic rings. The number of carboxylic acid groups (broad SMARTS) is 1. The Morgan fingerprint density at radius 3 is 2.92 bits per heavy atom. The van der Waals surface area contributed by atoms with Crippen molar-refractivity contribution in [1.29, 1.82) is 0 Å². The highest BCUT2D eigenvalue weighted by Gasteiger charge is 2.29. The summed E-state index contributed by atoms with van der Waals surface area (Å²) in [6.45, 7) is 1.50. The van der Waals surface area contributed by atoms with Gasteiger partial charge in [-0.25, -0.2) is 0 Å². The van der Waals surface area contributed by atoms with Gasteiger partial charge in [0.1, 0.15) is 0 Å². The first-order valence-electron chi connectivity index (χ1n) is 4.30. The molecule has 1 aliphatic heterocycles. The van der Waals surface area contributed by atoms with E-state index in [9.17, 15) is 4.79 Å². The first-order valence-corrected chi connectivity index (χ1v) is 4.30. The van der Waals surface area contributed by atoms with Crippen molar-refractivity contribution in [2.75, 3.05) is 19.7 Å². The van der Waals surface area contributed by atoms with Crippen molar-refractivity contribution in [3.05, 3.63) is 0 Å². The summed E-state index contributed by atoms with van der Waals surface area (Å²) in [5.74, 6) is -0.916. The first kappa shape index (κ1) is 9.48. The Morgan fingerprint density at radius 2 is 2.33 bits per heavy atom. The number of carboxylic acids is 1. The average molecular weight is 173 g/mol. The van der Waals surface area contributed by atoms with Crippen molar-refractivity contribution in [1.82, 2.24) is 5.32 Å². The van der Waals surface area contributed by atoms with Gasteiger partial charge in [-0.15, -0.1) is 0 Å². The molecule has 1 rings (SSSR count). The SMILES string of the molecule is O=C(O)C1CNCCC1CCO. The van der Waals surface area contributed by atoms with Crippen molar-refractivity contribution in [3.63, 3.8) is 0 Å². The van der Waals surface area contributed by atoms with E-state index in [4.69, 9.17) is 10.2 Å². The van der Waals surface area contributed by atoms with Crippen LogP contribution in [-0.2, 0) is 4.79 Å². The van der Waals surface area contributed by atoms with Crippen LogP contribution < -0.4 is 5.32 Å². The lowest BCUT2D eigenvalue weighted by molar-refractivity contribution is -0.144. The first-order chi connectivity index (χ1) is 5.75. The minimum Gasteiger partial charge on any atom is -0.481 e. The summed E-state index contributed by atoms with van der Waals surface area (Å²) >= 11 is 0. The zero-order valence-electron chi connectivity index (χ0n) is 6.99. The second kappa shape index (κ2) is 4.42. The molecule has 4 nitrogen and oxygen atoms in total. The Kier molecular flexibility index (Phi) is 3.49. The monoisotopic (exact) mass is 173 g/mol. The van der Waals surface area contributed by atoms with Crippen LogP contribution in [0.3, 0.4) is 0 Å². The molecule has 70 valence electrons. The van der Waals surface area contributed by atoms with Crippen LogP contribution in [0, 0.1) is 11.8 Å². The number of aliphatic carboxylic acids is 1. The predicted octanol–water partition coefficient (Wildman–Crippen LogP) is -0.321. The van der Waals surface area contributed by atoms with Gasteiger partial charge in [0, 0.05) is 13.2 Å². The number of nitrogens with one attached hydrogen (secondary N) is 1. The van der Waals surface area contributed by atoms with Crippen molar-refractivity contribution in [2.45, 2.75) is 12.8 Å². The van der Waals surface area contributed by atoms with Gasteiger partial charge in [0.25, 0.3) is 0 Å². The zero-order valence-corrected chi connectivity index (χ0v) is 6.99.